The van der Waals surface area contributed by atoms with Crippen molar-refractivity contribution in [2.45, 2.75) is 52.4 Å². The van der Waals surface area contributed by atoms with Gasteiger partial charge in [0.15, 0.2) is 5.65 Å². The van der Waals surface area contributed by atoms with E-state index in [0.29, 0.717) is 28.9 Å². The summed E-state index contributed by atoms with van der Waals surface area (Å²) in [5.74, 6) is 0.835. The van der Waals surface area contributed by atoms with Gasteiger partial charge in [0, 0.05) is 24.9 Å². The smallest absolute Gasteiger partial charge is 0.258 e. The van der Waals surface area contributed by atoms with E-state index in [4.69, 9.17) is 4.52 Å². The molecule has 0 spiro atoms. The summed E-state index contributed by atoms with van der Waals surface area (Å²) in [5.41, 5.74) is 3.21. The fourth-order valence-corrected chi connectivity index (χ4v) is 4.82. The van der Waals surface area contributed by atoms with E-state index in [9.17, 15) is 4.79 Å². The number of hydrogen-bond donors (Lipinski definition) is 1. The second kappa shape index (κ2) is 7.76. The predicted molar refractivity (Wildman–Crippen MR) is 116 cm³/mol. The van der Waals surface area contributed by atoms with Gasteiger partial charge in [-0.1, -0.05) is 30.5 Å². The Balaban J connectivity index is 1.41. The summed E-state index contributed by atoms with van der Waals surface area (Å²) in [6.45, 7) is 4.28. The van der Waals surface area contributed by atoms with Crippen molar-refractivity contribution in [2.75, 3.05) is 6.54 Å². The molecule has 0 aliphatic heterocycles. The quantitative estimate of drug-likeness (QED) is 0.529. The largest absolute Gasteiger partial charge is 0.351 e. The van der Waals surface area contributed by atoms with E-state index in [0.717, 1.165) is 49.3 Å². The first kappa shape index (κ1) is 19.7. The molecule has 4 aromatic heterocycles. The van der Waals surface area contributed by atoms with Gasteiger partial charge >= 0.3 is 0 Å². The topological polar surface area (TPSA) is 98.2 Å². The van der Waals surface area contributed by atoms with Crippen LogP contribution in [-0.2, 0) is 6.42 Å². The SMILES string of the molecule is Cc1cc(C(=O)NCC2(Cc3nnc4ccccn34)CCCCC2)c2c(C)noc2n1. The first-order valence-electron chi connectivity index (χ1n) is 10.9. The molecule has 31 heavy (non-hydrogen) atoms. The number of carbonyl (C=O) groups excluding carboxylic acids is 1. The van der Waals surface area contributed by atoms with Gasteiger partial charge in [-0.2, -0.15) is 0 Å². The lowest BCUT2D eigenvalue weighted by Gasteiger charge is -2.37. The van der Waals surface area contributed by atoms with Crippen molar-refractivity contribution < 1.29 is 9.32 Å². The van der Waals surface area contributed by atoms with Gasteiger partial charge in [0.25, 0.3) is 11.6 Å². The second-order valence-electron chi connectivity index (χ2n) is 8.72. The number of nitrogens with zero attached hydrogens (tertiary/aromatic N) is 5. The Kier molecular flexibility index (Phi) is 4.92. The molecule has 1 amide bonds. The minimum Gasteiger partial charge on any atom is -0.351 e. The van der Waals surface area contributed by atoms with E-state index in [2.05, 4.69) is 30.1 Å². The van der Waals surface area contributed by atoms with E-state index < -0.39 is 0 Å². The Morgan fingerprint density at radius 1 is 1.19 bits per heavy atom. The van der Waals surface area contributed by atoms with Crippen LogP contribution in [0.1, 0.15) is 59.7 Å². The van der Waals surface area contributed by atoms with E-state index in [1.807, 2.05) is 38.2 Å². The summed E-state index contributed by atoms with van der Waals surface area (Å²) in [7, 11) is 0. The van der Waals surface area contributed by atoms with Gasteiger partial charge in [-0.15, -0.1) is 10.2 Å². The van der Waals surface area contributed by atoms with Gasteiger partial charge in [0.1, 0.15) is 5.82 Å². The predicted octanol–water partition coefficient (Wildman–Crippen LogP) is 3.81. The summed E-state index contributed by atoms with van der Waals surface area (Å²) in [6.07, 6.45) is 8.48. The van der Waals surface area contributed by atoms with Crippen molar-refractivity contribution in [3.63, 3.8) is 0 Å². The zero-order valence-electron chi connectivity index (χ0n) is 17.9. The average Bonchev–Trinajstić information content (AvgIpc) is 3.36. The molecule has 8 heteroatoms. The highest BCUT2D eigenvalue weighted by Crippen LogP contribution is 2.38. The molecule has 160 valence electrons. The number of rotatable bonds is 5. The zero-order valence-corrected chi connectivity index (χ0v) is 17.9. The molecule has 0 radical (unpaired) electrons. The maximum atomic E-state index is 13.2. The highest BCUT2D eigenvalue weighted by molar-refractivity contribution is 6.06. The van der Waals surface area contributed by atoms with Crippen LogP contribution >= 0.6 is 0 Å². The first-order valence-corrected chi connectivity index (χ1v) is 10.9. The molecule has 4 aromatic rings. The Hall–Kier alpha value is -3.29. The van der Waals surface area contributed by atoms with Crippen LogP contribution < -0.4 is 5.32 Å². The molecule has 1 aliphatic carbocycles. The fraction of sp³-hybridized carbons (Fsp3) is 0.435. The third-order valence-corrected chi connectivity index (χ3v) is 6.45. The number of aromatic nitrogens is 5. The summed E-state index contributed by atoms with van der Waals surface area (Å²) in [6, 6.07) is 7.73. The number of amides is 1. The van der Waals surface area contributed by atoms with Crippen molar-refractivity contribution in [2.24, 2.45) is 5.41 Å². The second-order valence-corrected chi connectivity index (χ2v) is 8.72. The molecule has 8 nitrogen and oxygen atoms in total. The van der Waals surface area contributed by atoms with Crippen LogP contribution in [0.5, 0.6) is 0 Å². The van der Waals surface area contributed by atoms with Gasteiger partial charge in [-0.25, -0.2) is 4.98 Å². The van der Waals surface area contributed by atoms with Crippen molar-refractivity contribution >= 4 is 22.7 Å². The standard InChI is InChI=1S/C23H26N6O2/c1-15-12-17(20-16(2)28-31-22(20)25-15)21(30)24-14-23(9-5-3-6-10-23)13-19-27-26-18-8-4-7-11-29(18)19/h4,7-8,11-12H,3,5-6,9-10,13-14H2,1-2H3,(H,24,30). The molecule has 1 fully saturated rings. The Bertz CT molecular complexity index is 1250. The monoisotopic (exact) mass is 418 g/mol. The number of pyridine rings is 2. The Morgan fingerprint density at radius 3 is 2.87 bits per heavy atom. The lowest BCUT2D eigenvalue weighted by Crippen LogP contribution is -2.41. The summed E-state index contributed by atoms with van der Waals surface area (Å²) in [5, 5.41) is 16.6. The van der Waals surface area contributed by atoms with Crippen LogP contribution in [0, 0.1) is 19.3 Å². The van der Waals surface area contributed by atoms with Crippen molar-refractivity contribution in [1.29, 1.82) is 0 Å². The molecule has 1 saturated carbocycles. The first-order chi connectivity index (χ1) is 15.0. The molecule has 1 N–H and O–H groups in total. The van der Waals surface area contributed by atoms with Gasteiger partial charge in [-0.3, -0.25) is 9.20 Å². The van der Waals surface area contributed by atoms with Crippen molar-refractivity contribution in [3.8, 4) is 0 Å². The number of fused-ring (bicyclic) bond motifs is 2. The summed E-state index contributed by atoms with van der Waals surface area (Å²) < 4.78 is 7.34. The normalized spacial score (nSPS) is 16.1. The van der Waals surface area contributed by atoms with Crippen LogP contribution in [0.15, 0.2) is 35.0 Å². The van der Waals surface area contributed by atoms with Crippen LogP contribution in [-0.4, -0.2) is 37.2 Å². The molecule has 0 saturated heterocycles. The fourth-order valence-electron chi connectivity index (χ4n) is 4.82. The Morgan fingerprint density at radius 2 is 2.03 bits per heavy atom. The maximum absolute atomic E-state index is 13.2. The molecule has 0 aromatic carbocycles. The van der Waals surface area contributed by atoms with Crippen LogP contribution in [0.2, 0.25) is 0 Å². The number of carbonyl (C=O) groups is 1. The van der Waals surface area contributed by atoms with Crippen molar-refractivity contribution in [3.05, 3.63) is 53.2 Å². The molecule has 1 aliphatic rings. The number of nitrogens with one attached hydrogen (secondary N) is 1. The minimum atomic E-state index is -0.113. The molecule has 0 unspecified atom stereocenters. The number of hydrogen-bond acceptors (Lipinski definition) is 6. The van der Waals surface area contributed by atoms with E-state index in [1.165, 1.54) is 6.42 Å². The Labute approximate surface area is 180 Å². The van der Waals surface area contributed by atoms with E-state index >= 15 is 0 Å². The lowest BCUT2D eigenvalue weighted by molar-refractivity contribution is 0.0908. The van der Waals surface area contributed by atoms with Crippen LogP contribution in [0.3, 0.4) is 0 Å². The van der Waals surface area contributed by atoms with Crippen LogP contribution in [0.25, 0.3) is 16.7 Å². The third-order valence-electron chi connectivity index (χ3n) is 6.45. The molecule has 4 heterocycles. The maximum Gasteiger partial charge on any atom is 0.258 e. The van der Waals surface area contributed by atoms with Gasteiger partial charge in [-0.05, 0) is 50.3 Å². The highest BCUT2D eigenvalue weighted by Gasteiger charge is 2.34. The molecule has 0 bridgehead atoms. The van der Waals surface area contributed by atoms with E-state index in [1.54, 1.807) is 6.07 Å². The number of aryl methyl sites for hydroxylation is 2. The molecule has 5 rings (SSSR count). The van der Waals surface area contributed by atoms with Crippen LogP contribution in [0.4, 0.5) is 0 Å². The average molecular weight is 419 g/mol. The third kappa shape index (κ3) is 3.66. The highest BCUT2D eigenvalue weighted by atomic mass is 16.5. The minimum absolute atomic E-state index is 0.0302. The molecular weight excluding hydrogens is 392 g/mol. The van der Waals surface area contributed by atoms with Gasteiger partial charge in [0.2, 0.25) is 0 Å². The lowest BCUT2D eigenvalue weighted by atomic mass is 9.71. The van der Waals surface area contributed by atoms with Crippen molar-refractivity contribution in [1.82, 2.24) is 30.1 Å². The van der Waals surface area contributed by atoms with E-state index in [-0.39, 0.29) is 11.3 Å². The van der Waals surface area contributed by atoms with Gasteiger partial charge in [0.05, 0.1) is 16.6 Å². The summed E-state index contributed by atoms with van der Waals surface area (Å²) in [4.78, 5) is 17.6. The summed E-state index contributed by atoms with van der Waals surface area (Å²) >= 11 is 0. The van der Waals surface area contributed by atoms with Gasteiger partial charge < -0.3 is 9.84 Å². The zero-order chi connectivity index (χ0) is 21.4. The molecule has 0 atom stereocenters. The molecular formula is C23H26N6O2.